The molecule has 2 aliphatic rings. The smallest absolute Gasteiger partial charge is 0.254 e. The van der Waals surface area contributed by atoms with E-state index in [-0.39, 0.29) is 18.1 Å². The van der Waals surface area contributed by atoms with E-state index in [9.17, 15) is 4.79 Å². The topological polar surface area (TPSA) is 60.0 Å². The first-order chi connectivity index (χ1) is 15.1. The lowest BCUT2D eigenvalue weighted by Crippen LogP contribution is -2.41. The number of fused-ring (bicyclic) bond motifs is 3. The van der Waals surface area contributed by atoms with E-state index >= 15 is 0 Å². The Labute approximate surface area is 183 Å². The van der Waals surface area contributed by atoms with Crippen LogP contribution in [0.15, 0.2) is 48.0 Å². The zero-order valence-electron chi connectivity index (χ0n) is 18.4. The molecule has 2 atom stereocenters. The van der Waals surface area contributed by atoms with Gasteiger partial charge in [-0.2, -0.15) is 0 Å². The predicted octanol–water partition coefficient (Wildman–Crippen LogP) is 3.76. The van der Waals surface area contributed by atoms with Crippen molar-refractivity contribution in [2.45, 2.75) is 31.9 Å². The zero-order valence-corrected chi connectivity index (χ0v) is 18.4. The molecule has 2 aromatic carbocycles. The van der Waals surface area contributed by atoms with Gasteiger partial charge in [0, 0.05) is 24.7 Å². The summed E-state index contributed by atoms with van der Waals surface area (Å²) in [5.41, 5.74) is 2.81. The molecule has 0 spiro atoms. The van der Waals surface area contributed by atoms with Gasteiger partial charge in [-0.05, 0) is 44.0 Å². The molecule has 2 bridgehead atoms. The molecule has 6 heteroatoms. The Morgan fingerprint density at radius 2 is 2.00 bits per heavy atom. The third-order valence-electron chi connectivity index (χ3n) is 5.90. The Morgan fingerprint density at radius 3 is 2.74 bits per heavy atom. The number of hydrogen-bond donors (Lipinski definition) is 1. The maximum atomic E-state index is 13.5. The van der Waals surface area contributed by atoms with Gasteiger partial charge in [0.25, 0.3) is 5.91 Å². The Kier molecular flexibility index (Phi) is 6.47. The van der Waals surface area contributed by atoms with Gasteiger partial charge < -0.3 is 24.4 Å². The van der Waals surface area contributed by atoms with Gasteiger partial charge in [0.1, 0.15) is 6.10 Å². The monoisotopic (exact) mass is 422 g/mol. The maximum Gasteiger partial charge on any atom is 0.254 e. The van der Waals surface area contributed by atoms with E-state index in [1.807, 2.05) is 23.1 Å². The molecule has 0 radical (unpaired) electrons. The van der Waals surface area contributed by atoms with Gasteiger partial charge in [0.15, 0.2) is 11.5 Å². The molecule has 2 unspecified atom stereocenters. The number of benzene rings is 2. The SMILES string of the molecule is COc1cc2cc(c1OC)OC1CCNC1CCN(C/C(C)=C/c1ccccc1)C2=O. The maximum absolute atomic E-state index is 13.5. The summed E-state index contributed by atoms with van der Waals surface area (Å²) < 4.78 is 17.4. The van der Waals surface area contributed by atoms with Crippen LogP contribution in [0.4, 0.5) is 0 Å². The Bertz CT molecular complexity index is 957. The highest BCUT2D eigenvalue weighted by molar-refractivity contribution is 5.96. The summed E-state index contributed by atoms with van der Waals surface area (Å²) in [5.74, 6) is 1.55. The molecule has 0 aliphatic carbocycles. The van der Waals surface area contributed by atoms with Crippen molar-refractivity contribution in [1.29, 1.82) is 0 Å². The lowest BCUT2D eigenvalue weighted by atomic mass is 10.0. The molecule has 2 heterocycles. The Hall–Kier alpha value is -2.99. The van der Waals surface area contributed by atoms with Crippen LogP contribution in [-0.4, -0.2) is 56.8 Å². The fourth-order valence-electron chi connectivity index (χ4n) is 4.39. The van der Waals surface area contributed by atoms with E-state index in [1.165, 1.54) is 0 Å². The van der Waals surface area contributed by atoms with Crippen molar-refractivity contribution < 1.29 is 19.0 Å². The molecule has 2 aliphatic heterocycles. The van der Waals surface area contributed by atoms with Crippen molar-refractivity contribution in [2.24, 2.45) is 0 Å². The minimum atomic E-state index is -0.0388. The molecule has 2 aromatic rings. The predicted molar refractivity (Wildman–Crippen MR) is 121 cm³/mol. The van der Waals surface area contributed by atoms with Gasteiger partial charge in [0.05, 0.1) is 14.2 Å². The van der Waals surface area contributed by atoms with E-state index in [2.05, 4.69) is 30.4 Å². The number of carbonyl (C=O) groups is 1. The first kappa shape index (κ1) is 21.2. The van der Waals surface area contributed by atoms with Crippen molar-refractivity contribution in [2.75, 3.05) is 33.9 Å². The van der Waals surface area contributed by atoms with Crippen molar-refractivity contribution in [3.05, 3.63) is 59.2 Å². The van der Waals surface area contributed by atoms with Crippen LogP contribution in [0.1, 0.15) is 35.7 Å². The quantitative estimate of drug-likeness (QED) is 0.795. The van der Waals surface area contributed by atoms with Crippen LogP contribution in [0, 0.1) is 0 Å². The third kappa shape index (κ3) is 4.69. The van der Waals surface area contributed by atoms with Crippen LogP contribution in [0.2, 0.25) is 0 Å². The Morgan fingerprint density at radius 1 is 1.19 bits per heavy atom. The average Bonchev–Trinajstić information content (AvgIpc) is 3.22. The summed E-state index contributed by atoms with van der Waals surface area (Å²) in [6, 6.07) is 13.9. The molecule has 1 N–H and O–H groups in total. The molecule has 164 valence electrons. The van der Waals surface area contributed by atoms with Crippen LogP contribution >= 0.6 is 0 Å². The number of carbonyl (C=O) groups excluding carboxylic acids is 1. The molecule has 0 saturated carbocycles. The molecule has 4 rings (SSSR count). The average molecular weight is 423 g/mol. The van der Waals surface area contributed by atoms with Crippen LogP contribution in [0.5, 0.6) is 17.2 Å². The summed E-state index contributed by atoms with van der Waals surface area (Å²) in [7, 11) is 3.17. The van der Waals surface area contributed by atoms with Gasteiger partial charge in [-0.3, -0.25) is 4.79 Å². The van der Waals surface area contributed by atoms with Crippen LogP contribution < -0.4 is 19.5 Å². The lowest BCUT2D eigenvalue weighted by molar-refractivity contribution is 0.0746. The van der Waals surface area contributed by atoms with Gasteiger partial charge >= 0.3 is 0 Å². The molecule has 1 fully saturated rings. The van der Waals surface area contributed by atoms with Crippen molar-refractivity contribution in [3.63, 3.8) is 0 Å². The van der Waals surface area contributed by atoms with E-state index in [0.29, 0.717) is 35.9 Å². The standard InChI is InChI=1S/C25H30N2O4/c1-17(13-18-7-5-4-6-8-18)16-27-12-10-20-21(9-11-26-20)31-23-15-19(25(27)28)14-22(29-2)24(23)30-3/h4-8,13-15,20-21,26H,9-12,16H2,1-3H3/b17-13+. The molecule has 31 heavy (non-hydrogen) atoms. The van der Waals surface area contributed by atoms with E-state index in [0.717, 1.165) is 30.5 Å². The van der Waals surface area contributed by atoms with Crippen LogP contribution in [0.25, 0.3) is 6.08 Å². The van der Waals surface area contributed by atoms with Crippen LogP contribution in [-0.2, 0) is 0 Å². The van der Waals surface area contributed by atoms with Crippen molar-refractivity contribution in [1.82, 2.24) is 10.2 Å². The van der Waals surface area contributed by atoms with Crippen molar-refractivity contribution in [3.8, 4) is 17.2 Å². The summed E-state index contributed by atoms with van der Waals surface area (Å²) in [6.45, 7) is 4.18. The van der Waals surface area contributed by atoms with Gasteiger partial charge in [0.2, 0.25) is 5.75 Å². The number of rotatable bonds is 5. The molecular formula is C25H30N2O4. The van der Waals surface area contributed by atoms with Gasteiger partial charge in [-0.1, -0.05) is 42.0 Å². The van der Waals surface area contributed by atoms with Crippen molar-refractivity contribution >= 4 is 12.0 Å². The first-order valence-corrected chi connectivity index (χ1v) is 10.8. The largest absolute Gasteiger partial charge is 0.493 e. The van der Waals surface area contributed by atoms with E-state index < -0.39 is 0 Å². The van der Waals surface area contributed by atoms with E-state index in [1.54, 1.807) is 26.4 Å². The summed E-state index contributed by atoms with van der Waals surface area (Å²) in [4.78, 5) is 15.4. The fourth-order valence-corrected chi connectivity index (χ4v) is 4.39. The summed E-state index contributed by atoms with van der Waals surface area (Å²) in [5, 5.41) is 3.53. The fraction of sp³-hybridized carbons (Fsp3) is 0.400. The third-order valence-corrected chi connectivity index (χ3v) is 5.90. The molecular weight excluding hydrogens is 392 g/mol. The number of methoxy groups -OCH3 is 2. The zero-order chi connectivity index (χ0) is 21.8. The minimum absolute atomic E-state index is 0.0323. The second-order valence-corrected chi connectivity index (χ2v) is 8.13. The number of ether oxygens (including phenoxy) is 3. The Balaban J connectivity index is 1.68. The first-order valence-electron chi connectivity index (χ1n) is 10.8. The van der Waals surface area contributed by atoms with Gasteiger partial charge in [-0.15, -0.1) is 0 Å². The molecule has 6 nitrogen and oxygen atoms in total. The molecule has 1 saturated heterocycles. The number of nitrogens with one attached hydrogen (secondary N) is 1. The minimum Gasteiger partial charge on any atom is -0.493 e. The van der Waals surface area contributed by atoms with Crippen LogP contribution in [0.3, 0.4) is 0 Å². The second kappa shape index (κ2) is 9.43. The number of nitrogens with zero attached hydrogens (tertiary/aromatic N) is 1. The highest BCUT2D eigenvalue weighted by atomic mass is 16.5. The summed E-state index contributed by atoms with van der Waals surface area (Å²) >= 11 is 0. The summed E-state index contributed by atoms with van der Waals surface area (Å²) in [6.07, 6.45) is 3.91. The highest BCUT2D eigenvalue weighted by Crippen LogP contribution is 2.40. The number of amides is 1. The second-order valence-electron chi connectivity index (χ2n) is 8.13. The number of hydrogen-bond acceptors (Lipinski definition) is 5. The molecule has 0 aromatic heterocycles. The lowest BCUT2D eigenvalue weighted by Gasteiger charge is -2.30. The normalized spacial score (nSPS) is 21.3. The van der Waals surface area contributed by atoms with E-state index in [4.69, 9.17) is 14.2 Å². The highest BCUT2D eigenvalue weighted by Gasteiger charge is 2.33. The van der Waals surface area contributed by atoms with Gasteiger partial charge in [-0.25, -0.2) is 0 Å². The molecule has 1 amide bonds.